The zero-order chi connectivity index (χ0) is 28.3. The summed E-state index contributed by atoms with van der Waals surface area (Å²) in [5, 5.41) is 2.55. The van der Waals surface area contributed by atoms with E-state index in [0.717, 1.165) is 48.3 Å². The van der Waals surface area contributed by atoms with E-state index < -0.39 is 11.6 Å². The van der Waals surface area contributed by atoms with Crippen molar-refractivity contribution in [3.63, 3.8) is 0 Å². The van der Waals surface area contributed by atoms with Crippen LogP contribution >= 0.6 is 11.3 Å². The Morgan fingerprint density at radius 1 is 0.846 bits per heavy atom. The molecule has 0 N–H and O–H groups in total. The fraction of sp³-hybridized carbons (Fsp3) is 0.303. The molecule has 0 fully saturated rings. The SMILES string of the molecule is Cc1c(-c2ccc(CC(C)(C)C(F)(F)F)cc2)sc2c(-c3cc(C(C)(C)C)c4c(F)cccc4c3)nccc12. The van der Waals surface area contributed by atoms with Gasteiger partial charge in [0, 0.05) is 22.0 Å². The number of pyridine rings is 1. The molecule has 0 amide bonds. The van der Waals surface area contributed by atoms with Crippen molar-refractivity contribution in [2.24, 2.45) is 5.41 Å². The minimum Gasteiger partial charge on any atom is -0.255 e. The van der Waals surface area contributed by atoms with Gasteiger partial charge in [-0.05, 0) is 76.1 Å². The number of hydrogen-bond donors (Lipinski definition) is 0. The third kappa shape index (κ3) is 4.95. The molecule has 5 aromatic rings. The van der Waals surface area contributed by atoms with Crippen molar-refractivity contribution in [2.45, 2.75) is 59.6 Å². The van der Waals surface area contributed by atoms with Crippen molar-refractivity contribution in [1.82, 2.24) is 4.98 Å². The minimum absolute atomic E-state index is 0.0745. The molecule has 0 bridgehead atoms. The van der Waals surface area contributed by atoms with Crippen LogP contribution in [-0.4, -0.2) is 11.2 Å². The molecule has 1 nitrogen and oxygen atoms in total. The van der Waals surface area contributed by atoms with Crippen molar-refractivity contribution in [3.05, 3.63) is 89.4 Å². The second-order valence-electron chi connectivity index (χ2n) is 12.0. The standard InChI is InChI=1S/C33H31F4NS/c1-19-24-14-15-38-28(23-16-22-8-7-9-26(34)27(22)25(17-23)31(2,3)4)30(24)39-29(19)21-12-10-20(11-13-21)18-32(5,6)33(35,36)37/h7-17H,18H2,1-6H3. The van der Waals surface area contributed by atoms with Crippen LogP contribution in [0.1, 0.15) is 51.3 Å². The summed E-state index contributed by atoms with van der Waals surface area (Å²) in [6, 6.07) is 18.6. The van der Waals surface area contributed by atoms with Gasteiger partial charge in [-0.25, -0.2) is 4.39 Å². The van der Waals surface area contributed by atoms with Gasteiger partial charge in [0.15, 0.2) is 0 Å². The maximum atomic E-state index is 14.9. The van der Waals surface area contributed by atoms with Gasteiger partial charge in [0.1, 0.15) is 5.82 Å². The predicted molar refractivity (Wildman–Crippen MR) is 155 cm³/mol. The van der Waals surface area contributed by atoms with Crippen molar-refractivity contribution in [3.8, 4) is 21.7 Å². The Balaban J connectivity index is 1.61. The molecule has 0 saturated carbocycles. The maximum absolute atomic E-state index is 14.9. The smallest absolute Gasteiger partial charge is 0.255 e. The summed E-state index contributed by atoms with van der Waals surface area (Å²) in [6.07, 6.45) is -2.54. The molecule has 3 aromatic carbocycles. The molecule has 0 radical (unpaired) electrons. The van der Waals surface area contributed by atoms with Crippen molar-refractivity contribution in [2.75, 3.05) is 0 Å². The predicted octanol–water partition coefficient (Wildman–Crippen LogP) is 10.7. The zero-order valence-corrected chi connectivity index (χ0v) is 23.7. The number of aromatic nitrogens is 1. The molecule has 39 heavy (non-hydrogen) atoms. The molecule has 2 heterocycles. The van der Waals surface area contributed by atoms with Crippen LogP contribution in [0.3, 0.4) is 0 Å². The van der Waals surface area contributed by atoms with Crippen molar-refractivity contribution >= 4 is 32.2 Å². The van der Waals surface area contributed by atoms with Gasteiger partial charge in [0.05, 0.1) is 15.8 Å². The number of thiophene rings is 1. The topological polar surface area (TPSA) is 12.9 Å². The van der Waals surface area contributed by atoms with Crippen LogP contribution in [-0.2, 0) is 11.8 Å². The second-order valence-corrected chi connectivity index (χ2v) is 13.0. The molecule has 6 heteroatoms. The number of alkyl halides is 3. The van der Waals surface area contributed by atoms with Crippen LogP contribution in [0.2, 0.25) is 0 Å². The lowest BCUT2D eigenvalue weighted by atomic mass is 9.82. The first-order valence-electron chi connectivity index (χ1n) is 12.9. The molecular formula is C33H31F4NS. The number of fused-ring (bicyclic) bond motifs is 2. The Morgan fingerprint density at radius 3 is 2.18 bits per heavy atom. The quantitative estimate of drug-likeness (QED) is 0.203. The summed E-state index contributed by atoms with van der Waals surface area (Å²) < 4.78 is 56.1. The molecule has 5 rings (SSSR count). The van der Waals surface area contributed by atoms with E-state index in [1.807, 2.05) is 30.3 Å². The maximum Gasteiger partial charge on any atom is 0.394 e. The fourth-order valence-corrected chi connectivity index (χ4v) is 6.44. The molecular weight excluding hydrogens is 518 g/mol. The lowest BCUT2D eigenvalue weighted by Gasteiger charge is -2.27. The van der Waals surface area contributed by atoms with Crippen LogP contribution in [0.15, 0.2) is 66.9 Å². The molecule has 0 saturated heterocycles. The average molecular weight is 550 g/mol. The van der Waals surface area contributed by atoms with Crippen LogP contribution in [0.25, 0.3) is 42.6 Å². The number of benzene rings is 3. The summed E-state index contributed by atoms with van der Waals surface area (Å²) in [5.41, 5.74) is 3.35. The summed E-state index contributed by atoms with van der Waals surface area (Å²) in [4.78, 5) is 5.82. The summed E-state index contributed by atoms with van der Waals surface area (Å²) in [5.74, 6) is -0.230. The Hall–Kier alpha value is -3.25. The van der Waals surface area contributed by atoms with Crippen molar-refractivity contribution in [1.29, 1.82) is 0 Å². The minimum atomic E-state index is -4.27. The van der Waals surface area contributed by atoms with Crippen LogP contribution in [0, 0.1) is 18.2 Å². The number of hydrogen-bond acceptors (Lipinski definition) is 2. The van der Waals surface area contributed by atoms with Crippen molar-refractivity contribution < 1.29 is 17.6 Å². The molecule has 202 valence electrons. The van der Waals surface area contributed by atoms with E-state index in [9.17, 15) is 17.6 Å². The van der Waals surface area contributed by atoms with E-state index in [1.54, 1.807) is 35.7 Å². The molecule has 0 atom stereocenters. The first kappa shape index (κ1) is 27.3. The highest BCUT2D eigenvalue weighted by molar-refractivity contribution is 7.23. The molecule has 0 aliphatic rings. The average Bonchev–Trinajstić information content (AvgIpc) is 3.19. The van der Waals surface area contributed by atoms with Gasteiger partial charge >= 0.3 is 6.18 Å². The Labute approximate surface area is 230 Å². The van der Waals surface area contributed by atoms with Gasteiger partial charge in [-0.15, -0.1) is 11.3 Å². The summed E-state index contributed by atoms with van der Waals surface area (Å²) in [7, 11) is 0. The summed E-state index contributed by atoms with van der Waals surface area (Å²) in [6.45, 7) is 10.8. The largest absolute Gasteiger partial charge is 0.394 e. The Morgan fingerprint density at radius 2 is 1.54 bits per heavy atom. The van der Waals surface area contributed by atoms with E-state index in [0.29, 0.717) is 10.9 Å². The zero-order valence-electron chi connectivity index (χ0n) is 22.9. The molecule has 0 aliphatic carbocycles. The van der Waals surface area contributed by atoms with Crippen LogP contribution in [0.5, 0.6) is 0 Å². The highest BCUT2D eigenvalue weighted by Crippen LogP contribution is 2.44. The molecule has 0 unspecified atom stereocenters. The summed E-state index contributed by atoms with van der Waals surface area (Å²) >= 11 is 1.63. The monoisotopic (exact) mass is 549 g/mol. The molecule has 0 spiro atoms. The Bertz CT molecular complexity index is 1690. The number of aryl methyl sites for hydroxylation is 1. The van der Waals surface area contributed by atoms with Gasteiger partial charge in [-0.1, -0.05) is 71.0 Å². The highest BCUT2D eigenvalue weighted by Gasteiger charge is 2.46. The van der Waals surface area contributed by atoms with E-state index in [-0.39, 0.29) is 17.7 Å². The van der Waals surface area contributed by atoms with E-state index in [2.05, 4.69) is 33.8 Å². The fourth-order valence-electron chi connectivity index (χ4n) is 5.12. The first-order chi connectivity index (χ1) is 18.2. The third-order valence-electron chi connectivity index (χ3n) is 7.49. The van der Waals surface area contributed by atoms with Gasteiger partial charge in [-0.2, -0.15) is 13.2 Å². The van der Waals surface area contributed by atoms with E-state index >= 15 is 0 Å². The lowest BCUT2D eigenvalue weighted by Crippen LogP contribution is -2.34. The Kier molecular flexibility index (Phi) is 6.61. The molecule has 2 aromatic heterocycles. The molecule has 0 aliphatic heterocycles. The van der Waals surface area contributed by atoms with Gasteiger partial charge < -0.3 is 0 Å². The van der Waals surface area contributed by atoms with Crippen LogP contribution in [0.4, 0.5) is 17.6 Å². The lowest BCUT2D eigenvalue weighted by molar-refractivity contribution is -0.211. The van der Waals surface area contributed by atoms with Crippen LogP contribution < -0.4 is 0 Å². The van der Waals surface area contributed by atoms with E-state index in [1.165, 1.54) is 19.9 Å². The number of nitrogens with zero attached hydrogens (tertiary/aromatic N) is 1. The first-order valence-corrected chi connectivity index (χ1v) is 13.8. The van der Waals surface area contributed by atoms with Gasteiger partial charge in [-0.3, -0.25) is 4.98 Å². The third-order valence-corrected chi connectivity index (χ3v) is 8.85. The highest BCUT2D eigenvalue weighted by atomic mass is 32.1. The van der Waals surface area contributed by atoms with Gasteiger partial charge in [0.25, 0.3) is 0 Å². The van der Waals surface area contributed by atoms with Gasteiger partial charge in [0.2, 0.25) is 0 Å². The van der Waals surface area contributed by atoms with E-state index in [4.69, 9.17) is 4.98 Å². The normalized spacial score (nSPS) is 13.0. The number of rotatable bonds is 4. The number of halogens is 4. The second kappa shape index (κ2) is 9.44.